The molecule has 1 atom stereocenters. The molecule has 7 heteroatoms. The Morgan fingerprint density at radius 1 is 1.56 bits per heavy atom. The highest BCUT2D eigenvalue weighted by Crippen LogP contribution is 2.29. The summed E-state index contributed by atoms with van der Waals surface area (Å²) < 4.78 is 5.32. The Kier molecular flexibility index (Phi) is 4.94. The molecule has 1 aromatic rings. The number of nitrogens with one attached hydrogen (secondary N) is 1. The van der Waals surface area contributed by atoms with Crippen molar-refractivity contribution in [3.8, 4) is 5.75 Å². The maximum absolute atomic E-state index is 11.4. The Hall–Kier alpha value is -1.79. The Morgan fingerprint density at radius 3 is 2.78 bits per heavy atom. The van der Waals surface area contributed by atoms with Gasteiger partial charge in [0, 0.05) is 5.56 Å². The van der Waals surface area contributed by atoms with Crippen molar-refractivity contribution >= 4 is 23.5 Å². The molecule has 0 radical (unpaired) electrons. The molecule has 98 valence electrons. The Bertz CT molecular complexity index is 464. The van der Waals surface area contributed by atoms with Crippen LogP contribution in [0.15, 0.2) is 18.2 Å². The van der Waals surface area contributed by atoms with Gasteiger partial charge in [0.2, 0.25) is 0 Å². The maximum Gasteiger partial charge on any atom is 0.318 e. The fraction of sp³-hybridized carbons (Fsp3) is 0.273. The molecule has 1 rings (SSSR count). The van der Waals surface area contributed by atoms with Gasteiger partial charge in [0.1, 0.15) is 5.75 Å². The van der Waals surface area contributed by atoms with Crippen LogP contribution in [0, 0.1) is 0 Å². The number of hydrogen-bond donors (Lipinski definition) is 3. The second-order valence-corrected chi connectivity index (χ2v) is 3.91. The minimum absolute atomic E-state index is 0.203. The first kappa shape index (κ1) is 14.3. The molecule has 1 unspecified atom stereocenters. The van der Waals surface area contributed by atoms with Crippen LogP contribution in [0.3, 0.4) is 0 Å². The number of benzene rings is 1. The zero-order valence-electron chi connectivity index (χ0n) is 9.64. The highest BCUT2D eigenvalue weighted by Gasteiger charge is 2.19. The lowest BCUT2D eigenvalue weighted by Gasteiger charge is -2.16. The number of hydrogen-bond acceptors (Lipinski definition) is 4. The van der Waals surface area contributed by atoms with Gasteiger partial charge in [0.25, 0.3) is 5.91 Å². The largest absolute Gasteiger partial charge is 0.479 e. The van der Waals surface area contributed by atoms with Crippen LogP contribution in [0.25, 0.3) is 0 Å². The van der Waals surface area contributed by atoms with Crippen molar-refractivity contribution < 1.29 is 19.4 Å². The summed E-state index contributed by atoms with van der Waals surface area (Å²) in [7, 11) is 0. The highest BCUT2D eigenvalue weighted by atomic mass is 35.5. The van der Waals surface area contributed by atoms with Gasteiger partial charge in [-0.1, -0.05) is 23.7 Å². The van der Waals surface area contributed by atoms with Crippen LogP contribution in [-0.2, 0) is 11.4 Å². The number of amides is 3. The third-order valence-electron chi connectivity index (χ3n) is 2.13. The van der Waals surface area contributed by atoms with Crippen molar-refractivity contribution in [3.63, 3.8) is 0 Å². The van der Waals surface area contributed by atoms with Gasteiger partial charge in [-0.2, -0.15) is 0 Å². The first-order valence-electron chi connectivity index (χ1n) is 5.11. The van der Waals surface area contributed by atoms with Gasteiger partial charge in [-0.05, 0) is 13.0 Å². The van der Waals surface area contributed by atoms with E-state index in [9.17, 15) is 9.59 Å². The van der Waals surface area contributed by atoms with Gasteiger partial charge in [0.05, 0.1) is 11.6 Å². The van der Waals surface area contributed by atoms with Crippen LogP contribution in [0.1, 0.15) is 12.5 Å². The smallest absolute Gasteiger partial charge is 0.318 e. The highest BCUT2D eigenvalue weighted by molar-refractivity contribution is 6.32. The summed E-state index contributed by atoms with van der Waals surface area (Å²) in [5.74, 6) is -0.486. The monoisotopic (exact) mass is 272 g/mol. The van der Waals surface area contributed by atoms with Crippen LogP contribution in [0.5, 0.6) is 5.75 Å². The summed E-state index contributed by atoms with van der Waals surface area (Å²) in [5.41, 5.74) is 5.26. The van der Waals surface area contributed by atoms with Crippen LogP contribution in [0.2, 0.25) is 5.02 Å². The summed E-state index contributed by atoms with van der Waals surface area (Å²) in [6.07, 6.45) is -0.970. The number of ether oxygens (including phenoxy) is 1. The first-order chi connectivity index (χ1) is 8.45. The number of carbonyl (C=O) groups excluding carboxylic acids is 2. The molecule has 0 saturated heterocycles. The zero-order valence-corrected chi connectivity index (χ0v) is 10.4. The average Bonchev–Trinajstić information content (AvgIpc) is 2.30. The van der Waals surface area contributed by atoms with E-state index in [1.165, 1.54) is 6.92 Å². The lowest BCUT2D eigenvalue weighted by atomic mass is 10.2. The summed E-state index contributed by atoms with van der Waals surface area (Å²) in [5, 5.41) is 11.3. The first-order valence-corrected chi connectivity index (χ1v) is 5.48. The zero-order chi connectivity index (χ0) is 13.7. The van der Waals surface area contributed by atoms with Crippen molar-refractivity contribution in [1.29, 1.82) is 0 Å². The number of halogens is 1. The normalized spacial score (nSPS) is 11.7. The molecular weight excluding hydrogens is 260 g/mol. The molecule has 0 aliphatic heterocycles. The number of para-hydroxylation sites is 1. The predicted molar refractivity (Wildman–Crippen MR) is 65.2 cm³/mol. The Labute approximate surface area is 109 Å². The molecule has 18 heavy (non-hydrogen) atoms. The quantitative estimate of drug-likeness (QED) is 0.754. The van der Waals surface area contributed by atoms with Gasteiger partial charge >= 0.3 is 6.03 Å². The Balaban J connectivity index is 2.84. The van der Waals surface area contributed by atoms with E-state index >= 15 is 0 Å². The lowest BCUT2D eigenvalue weighted by Crippen LogP contribution is -2.42. The number of carbonyl (C=O) groups is 2. The third-order valence-corrected chi connectivity index (χ3v) is 2.43. The summed E-state index contributed by atoms with van der Waals surface area (Å²) in [4.78, 5) is 22.0. The molecule has 0 aliphatic carbocycles. The molecule has 1 aromatic carbocycles. The van der Waals surface area contributed by atoms with E-state index in [0.29, 0.717) is 5.56 Å². The van der Waals surface area contributed by atoms with Crippen molar-refractivity contribution in [2.45, 2.75) is 19.6 Å². The molecule has 0 fully saturated rings. The maximum atomic E-state index is 11.4. The van der Waals surface area contributed by atoms with E-state index < -0.39 is 18.0 Å². The second kappa shape index (κ2) is 6.23. The molecule has 4 N–H and O–H groups in total. The molecule has 6 nitrogen and oxygen atoms in total. The topological polar surface area (TPSA) is 102 Å². The van der Waals surface area contributed by atoms with E-state index in [2.05, 4.69) is 0 Å². The van der Waals surface area contributed by atoms with Gasteiger partial charge in [-0.3, -0.25) is 10.1 Å². The number of urea groups is 1. The lowest BCUT2D eigenvalue weighted by molar-refractivity contribution is -0.126. The third kappa shape index (κ3) is 3.61. The Morgan fingerprint density at radius 2 is 2.22 bits per heavy atom. The second-order valence-electron chi connectivity index (χ2n) is 3.50. The van der Waals surface area contributed by atoms with Crippen LogP contribution < -0.4 is 15.8 Å². The number of nitrogens with two attached hydrogens (primary N) is 1. The van der Waals surface area contributed by atoms with E-state index in [1.54, 1.807) is 18.2 Å². The van der Waals surface area contributed by atoms with Gasteiger partial charge < -0.3 is 15.6 Å². The predicted octanol–water partition coefficient (Wildman–Crippen LogP) is 0.794. The van der Waals surface area contributed by atoms with Crippen molar-refractivity contribution in [1.82, 2.24) is 5.32 Å². The number of primary amides is 1. The fourth-order valence-electron chi connectivity index (χ4n) is 1.26. The molecular formula is C11H13ClN2O4. The number of aliphatic hydroxyl groups is 1. The number of aliphatic hydroxyl groups excluding tert-OH is 1. The number of imide groups is 1. The van der Waals surface area contributed by atoms with E-state index in [0.717, 1.165) is 0 Å². The van der Waals surface area contributed by atoms with Crippen LogP contribution in [-0.4, -0.2) is 23.1 Å². The average molecular weight is 273 g/mol. The standard InChI is InChI=1S/C11H13ClN2O4/c1-6(10(16)14-11(13)17)18-9-7(5-15)3-2-4-8(9)12/h2-4,6,15H,5H2,1H3,(H3,13,14,16,17). The van der Waals surface area contributed by atoms with Crippen molar-refractivity contribution in [3.05, 3.63) is 28.8 Å². The molecule has 0 spiro atoms. The van der Waals surface area contributed by atoms with Gasteiger partial charge in [0.15, 0.2) is 6.10 Å². The summed E-state index contributed by atoms with van der Waals surface area (Å²) >= 11 is 5.90. The van der Waals surface area contributed by atoms with E-state index in [1.807, 2.05) is 5.32 Å². The fourth-order valence-corrected chi connectivity index (χ4v) is 1.50. The van der Waals surface area contributed by atoms with Crippen LogP contribution in [0.4, 0.5) is 4.79 Å². The van der Waals surface area contributed by atoms with Crippen LogP contribution >= 0.6 is 11.6 Å². The molecule has 0 aromatic heterocycles. The minimum Gasteiger partial charge on any atom is -0.479 e. The summed E-state index contributed by atoms with van der Waals surface area (Å²) in [6.45, 7) is 1.16. The molecule has 0 bridgehead atoms. The molecule has 0 saturated carbocycles. The summed E-state index contributed by atoms with van der Waals surface area (Å²) in [6, 6.07) is 3.86. The molecule has 3 amide bonds. The van der Waals surface area contributed by atoms with E-state index in [-0.39, 0.29) is 17.4 Å². The van der Waals surface area contributed by atoms with E-state index in [4.69, 9.17) is 27.2 Å². The molecule has 0 aliphatic rings. The van der Waals surface area contributed by atoms with Gasteiger partial charge in [-0.25, -0.2) is 4.79 Å². The SMILES string of the molecule is CC(Oc1c(Cl)cccc1CO)C(=O)NC(N)=O. The van der Waals surface area contributed by atoms with Crippen molar-refractivity contribution in [2.75, 3.05) is 0 Å². The van der Waals surface area contributed by atoms with Gasteiger partial charge in [-0.15, -0.1) is 0 Å². The number of rotatable bonds is 4. The minimum atomic E-state index is -0.970. The van der Waals surface area contributed by atoms with Crippen molar-refractivity contribution in [2.24, 2.45) is 5.73 Å². The molecule has 0 heterocycles.